The van der Waals surface area contributed by atoms with Crippen molar-refractivity contribution >= 4 is 27.5 Å². The maximum atomic E-state index is 13.4. The van der Waals surface area contributed by atoms with Crippen molar-refractivity contribution in [2.75, 3.05) is 6.54 Å². The van der Waals surface area contributed by atoms with E-state index in [0.717, 1.165) is 29.1 Å². The average molecular weight is 487 g/mol. The number of sulfonamides is 1. The second kappa shape index (κ2) is 10.0. The third-order valence-corrected chi connectivity index (χ3v) is 7.81. The number of nitrogens with one attached hydrogen (secondary N) is 1. The number of hydrogen-bond donors (Lipinski definition) is 1. The lowest BCUT2D eigenvalue weighted by atomic mass is 9.88. The standard InChI is InChI=1S/C25H24ClFN2O3S/c26-20-10-14-22(15-11-20)33(31,32)29(16-18-8-12-21(27)13-9-18)17-25(30)28-24-7-3-5-19-4-1-2-6-23(19)24/h1-2,4,6,8-15,24H,3,5,7,16-17H2,(H,28,30)/t24-/m1/s1. The molecule has 3 aromatic rings. The fourth-order valence-electron chi connectivity index (χ4n) is 4.08. The van der Waals surface area contributed by atoms with Crippen LogP contribution in [0.3, 0.4) is 0 Å². The molecule has 4 rings (SSSR count). The first kappa shape index (κ1) is 23.4. The number of rotatable bonds is 7. The first-order chi connectivity index (χ1) is 15.8. The second-order valence-corrected chi connectivity index (χ2v) is 10.4. The molecule has 0 fully saturated rings. The molecule has 3 aromatic carbocycles. The molecule has 0 radical (unpaired) electrons. The van der Waals surface area contributed by atoms with Crippen LogP contribution in [0.5, 0.6) is 0 Å². The van der Waals surface area contributed by atoms with Gasteiger partial charge in [0.1, 0.15) is 5.82 Å². The van der Waals surface area contributed by atoms with Crippen LogP contribution in [0.15, 0.2) is 77.7 Å². The highest BCUT2D eigenvalue weighted by atomic mass is 35.5. The molecule has 1 N–H and O–H groups in total. The van der Waals surface area contributed by atoms with Crippen LogP contribution in [0.25, 0.3) is 0 Å². The number of benzene rings is 3. The SMILES string of the molecule is O=C(CN(Cc1ccc(F)cc1)S(=O)(=O)c1ccc(Cl)cc1)N[C@@H]1CCCc2ccccc21. The van der Waals surface area contributed by atoms with Gasteiger partial charge in [0.05, 0.1) is 17.5 Å². The Balaban J connectivity index is 1.57. The van der Waals surface area contributed by atoms with Gasteiger partial charge in [0.15, 0.2) is 0 Å². The lowest BCUT2D eigenvalue weighted by Crippen LogP contribution is -2.42. The Kier molecular flexibility index (Phi) is 7.12. The minimum atomic E-state index is -4.00. The number of amides is 1. The Hall–Kier alpha value is -2.74. The lowest BCUT2D eigenvalue weighted by molar-refractivity contribution is -0.122. The van der Waals surface area contributed by atoms with Crippen molar-refractivity contribution < 1.29 is 17.6 Å². The summed E-state index contributed by atoms with van der Waals surface area (Å²) in [5.41, 5.74) is 2.85. The molecule has 0 saturated carbocycles. The molecule has 0 saturated heterocycles. The van der Waals surface area contributed by atoms with E-state index in [9.17, 15) is 17.6 Å². The molecular weight excluding hydrogens is 463 g/mol. The molecule has 0 bridgehead atoms. The molecule has 0 aliphatic heterocycles. The van der Waals surface area contributed by atoms with E-state index in [-0.39, 0.29) is 24.0 Å². The second-order valence-electron chi connectivity index (χ2n) is 8.06. The van der Waals surface area contributed by atoms with Crippen LogP contribution in [0.4, 0.5) is 4.39 Å². The summed E-state index contributed by atoms with van der Waals surface area (Å²) in [6.07, 6.45) is 2.71. The number of halogens is 2. The summed E-state index contributed by atoms with van der Waals surface area (Å²) >= 11 is 5.91. The van der Waals surface area contributed by atoms with Crippen LogP contribution in [0.2, 0.25) is 5.02 Å². The van der Waals surface area contributed by atoms with Gasteiger partial charge in [0.2, 0.25) is 15.9 Å². The van der Waals surface area contributed by atoms with Gasteiger partial charge in [-0.15, -0.1) is 0 Å². The van der Waals surface area contributed by atoms with E-state index in [0.29, 0.717) is 10.6 Å². The van der Waals surface area contributed by atoms with Gasteiger partial charge in [-0.1, -0.05) is 48.0 Å². The van der Waals surface area contributed by atoms with E-state index < -0.39 is 21.7 Å². The Morgan fingerprint density at radius 1 is 1.03 bits per heavy atom. The Bertz CT molecular complexity index is 1230. The van der Waals surface area contributed by atoms with Crippen LogP contribution in [-0.4, -0.2) is 25.2 Å². The molecule has 0 aromatic heterocycles. The summed E-state index contributed by atoms with van der Waals surface area (Å²) in [7, 11) is -4.00. The largest absolute Gasteiger partial charge is 0.348 e. The molecule has 5 nitrogen and oxygen atoms in total. The van der Waals surface area contributed by atoms with Crippen molar-refractivity contribution in [2.45, 2.75) is 36.7 Å². The Morgan fingerprint density at radius 3 is 2.45 bits per heavy atom. The van der Waals surface area contributed by atoms with E-state index in [4.69, 9.17) is 11.6 Å². The Labute approximate surface area is 198 Å². The van der Waals surface area contributed by atoms with Crippen molar-refractivity contribution in [3.05, 3.63) is 100 Å². The van der Waals surface area contributed by atoms with Crippen molar-refractivity contribution in [2.24, 2.45) is 0 Å². The number of carbonyl (C=O) groups excluding carboxylic acids is 1. The van der Waals surface area contributed by atoms with Crippen LogP contribution >= 0.6 is 11.6 Å². The summed E-state index contributed by atoms with van der Waals surface area (Å²) < 4.78 is 41.2. The predicted octanol–water partition coefficient (Wildman–Crippen LogP) is 4.86. The van der Waals surface area contributed by atoms with E-state index in [1.54, 1.807) is 0 Å². The predicted molar refractivity (Wildman–Crippen MR) is 126 cm³/mol. The normalized spacial score (nSPS) is 15.8. The molecule has 0 unspecified atom stereocenters. The van der Waals surface area contributed by atoms with E-state index in [2.05, 4.69) is 11.4 Å². The van der Waals surface area contributed by atoms with Gasteiger partial charge in [-0.2, -0.15) is 4.31 Å². The maximum Gasteiger partial charge on any atom is 0.243 e. The fraction of sp³-hybridized carbons (Fsp3) is 0.240. The third kappa shape index (κ3) is 5.61. The Morgan fingerprint density at radius 2 is 1.73 bits per heavy atom. The van der Waals surface area contributed by atoms with Gasteiger partial charge in [-0.25, -0.2) is 12.8 Å². The number of aryl methyl sites for hydroxylation is 1. The van der Waals surface area contributed by atoms with Crippen molar-refractivity contribution in [1.29, 1.82) is 0 Å². The highest BCUT2D eigenvalue weighted by Gasteiger charge is 2.29. The molecule has 1 amide bonds. The quantitative estimate of drug-likeness (QED) is 0.518. The molecule has 0 spiro atoms. The number of fused-ring (bicyclic) bond motifs is 1. The zero-order valence-electron chi connectivity index (χ0n) is 17.9. The molecule has 8 heteroatoms. The highest BCUT2D eigenvalue weighted by molar-refractivity contribution is 7.89. The van der Waals surface area contributed by atoms with Crippen LogP contribution < -0.4 is 5.32 Å². The van der Waals surface area contributed by atoms with E-state index >= 15 is 0 Å². The zero-order chi connectivity index (χ0) is 23.4. The molecule has 0 heterocycles. The first-order valence-corrected chi connectivity index (χ1v) is 12.5. The smallest absolute Gasteiger partial charge is 0.243 e. The summed E-state index contributed by atoms with van der Waals surface area (Å²) in [6, 6.07) is 19.2. The van der Waals surface area contributed by atoms with Gasteiger partial charge in [-0.05, 0) is 72.4 Å². The zero-order valence-corrected chi connectivity index (χ0v) is 19.4. The van der Waals surface area contributed by atoms with Gasteiger partial charge in [-0.3, -0.25) is 4.79 Å². The van der Waals surface area contributed by atoms with Crippen molar-refractivity contribution in [3.8, 4) is 0 Å². The van der Waals surface area contributed by atoms with Crippen molar-refractivity contribution in [3.63, 3.8) is 0 Å². The fourth-order valence-corrected chi connectivity index (χ4v) is 5.59. The van der Waals surface area contributed by atoms with E-state index in [1.807, 2.05) is 18.2 Å². The van der Waals surface area contributed by atoms with Crippen LogP contribution in [0, 0.1) is 5.82 Å². The maximum absolute atomic E-state index is 13.4. The van der Waals surface area contributed by atoms with Gasteiger partial charge in [0.25, 0.3) is 0 Å². The van der Waals surface area contributed by atoms with Gasteiger partial charge < -0.3 is 5.32 Å². The number of hydrogen-bond acceptors (Lipinski definition) is 3. The summed E-state index contributed by atoms with van der Waals surface area (Å²) in [5, 5.41) is 3.42. The third-order valence-electron chi connectivity index (χ3n) is 5.75. The van der Waals surface area contributed by atoms with Crippen LogP contribution in [0.1, 0.15) is 35.6 Å². The minimum absolute atomic E-state index is 0.0322. The minimum Gasteiger partial charge on any atom is -0.348 e. The molecular formula is C25H24ClFN2O3S. The topological polar surface area (TPSA) is 66.5 Å². The van der Waals surface area contributed by atoms with Gasteiger partial charge in [0, 0.05) is 11.6 Å². The molecule has 172 valence electrons. The summed E-state index contributed by atoms with van der Waals surface area (Å²) in [6.45, 7) is -0.430. The molecule has 1 aliphatic carbocycles. The molecule has 1 aliphatic rings. The van der Waals surface area contributed by atoms with Crippen molar-refractivity contribution in [1.82, 2.24) is 9.62 Å². The van der Waals surface area contributed by atoms with Crippen LogP contribution in [-0.2, 0) is 27.8 Å². The van der Waals surface area contributed by atoms with Gasteiger partial charge >= 0.3 is 0 Å². The molecule has 1 atom stereocenters. The lowest BCUT2D eigenvalue weighted by Gasteiger charge is -2.28. The monoisotopic (exact) mass is 486 g/mol. The molecule has 33 heavy (non-hydrogen) atoms. The summed E-state index contributed by atoms with van der Waals surface area (Å²) in [4.78, 5) is 13.0. The van der Waals surface area contributed by atoms with E-state index in [1.165, 1.54) is 54.1 Å². The number of carbonyl (C=O) groups is 1. The average Bonchev–Trinajstić information content (AvgIpc) is 2.80. The highest BCUT2D eigenvalue weighted by Crippen LogP contribution is 2.29. The first-order valence-electron chi connectivity index (χ1n) is 10.7. The number of nitrogens with zero attached hydrogens (tertiary/aromatic N) is 1. The summed E-state index contributed by atoms with van der Waals surface area (Å²) in [5.74, 6) is -0.809.